The fourth-order valence-corrected chi connectivity index (χ4v) is 1.73. The Hall–Kier alpha value is -1.57. The van der Waals surface area contributed by atoms with Gasteiger partial charge in [0.25, 0.3) is 0 Å². The van der Waals surface area contributed by atoms with E-state index in [9.17, 15) is 0 Å². The van der Waals surface area contributed by atoms with Gasteiger partial charge in [-0.25, -0.2) is 4.57 Å². The number of hydrogen-bond acceptors (Lipinski definition) is 3. The molecule has 0 spiro atoms. The van der Waals surface area contributed by atoms with Crippen molar-refractivity contribution in [1.82, 2.24) is 4.57 Å². The molecule has 18 heavy (non-hydrogen) atoms. The minimum absolute atomic E-state index is 0. The molecular formula is C12H14IN3O2. The number of halogens is 1. The van der Waals surface area contributed by atoms with Gasteiger partial charge < -0.3 is 33.9 Å². The average molecular weight is 359 g/mol. The lowest BCUT2D eigenvalue weighted by Gasteiger charge is -2.04. The lowest BCUT2D eigenvalue weighted by atomic mass is 10.3. The minimum Gasteiger partial charge on any atom is -1.00 e. The number of nitrogens with zero attached hydrogens (tertiary/aromatic N) is 3. The van der Waals surface area contributed by atoms with Gasteiger partial charge in [0, 0.05) is 0 Å². The van der Waals surface area contributed by atoms with E-state index in [1.165, 1.54) is 6.21 Å². The van der Waals surface area contributed by atoms with Crippen LogP contribution >= 0.6 is 0 Å². The molecular weight excluding hydrogens is 345 g/mol. The Bertz CT molecular complexity index is 552. The molecule has 0 aliphatic carbocycles. The summed E-state index contributed by atoms with van der Waals surface area (Å²) in [7, 11) is 3.51. The van der Waals surface area contributed by atoms with Crippen LogP contribution in [0.2, 0.25) is 0 Å². The number of methoxy groups -OCH3 is 1. The van der Waals surface area contributed by atoms with Gasteiger partial charge in [0.1, 0.15) is 12.4 Å². The van der Waals surface area contributed by atoms with E-state index in [1.807, 2.05) is 52.8 Å². The Morgan fingerprint density at radius 1 is 1.39 bits per heavy atom. The maximum Gasteiger partial charge on any atom is 0.308 e. The Morgan fingerprint density at radius 2 is 2.11 bits per heavy atom. The number of imidazole rings is 1. The maximum atomic E-state index is 8.67. The Balaban J connectivity index is 0.00000162. The molecule has 2 aromatic rings. The third kappa shape index (κ3) is 2.63. The van der Waals surface area contributed by atoms with Crippen LogP contribution in [0.15, 0.2) is 41.8 Å². The molecule has 0 radical (unpaired) electrons. The molecule has 0 saturated carbocycles. The van der Waals surface area contributed by atoms with Crippen LogP contribution in [0.25, 0.3) is 5.69 Å². The highest BCUT2D eigenvalue weighted by Gasteiger charge is 2.17. The molecule has 0 atom stereocenters. The summed E-state index contributed by atoms with van der Waals surface area (Å²) in [6.07, 6.45) is 5.14. The van der Waals surface area contributed by atoms with Crippen LogP contribution in [0.4, 0.5) is 0 Å². The Kier molecular flexibility index (Phi) is 5.14. The highest BCUT2D eigenvalue weighted by Crippen LogP contribution is 2.22. The predicted molar refractivity (Wildman–Crippen MR) is 62.9 cm³/mol. The van der Waals surface area contributed by atoms with Crippen LogP contribution in [-0.4, -0.2) is 23.1 Å². The molecule has 5 nitrogen and oxygen atoms in total. The second-order valence-corrected chi connectivity index (χ2v) is 3.55. The maximum absolute atomic E-state index is 8.67. The fourth-order valence-electron chi connectivity index (χ4n) is 1.73. The van der Waals surface area contributed by atoms with Crippen LogP contribution in [-0.2, 0) is 7.05 Å². The van der Waals surface area contributed by atoms with E-state index in [-0.39, 0.29) is 24.0 Å². The number of aromatic nitrogens is 2. The Labute approximate surface area is 122 Å². The summed E-state index contributed by atoms with van der Waals surface area (Å²) in [5.74, 6) is 1.51. The van der Waals surface area contributed by atoms with E-state index in [4.69, 9.17) is 9.94 Å². The van der Waals surface area contributed by atoms with Crippen LogP contribution in [0.3, 0.4) is 0 Å². The van der Waals surface area contributed by atoms with Crippen molar-refractivity contribution in [1.29, 1.82) is 0 Å². The van der Waals surface area contributed by atoms with Crippen LogP contribution < -0.4 is 33.3 Å². The van der Waals surface area contributed by atoms with E-state index < -0.39 is 0 Å². The molecule has 1 N–H and O–H groups in total. The molecule has 96 valence electrons. The van der Waals surface area contributed by atoms with Gasteiger partial charge >= 0.3 is 5.82 Å². The van der Waals surface area contributed by atoms with Crippen molar-refractivity contribution in [2.75, 3.05) is 7.11 Å². The first-order valence-corrected chi connectivity index (χ1v) is 5.15. The van der Waals surface area contributed by atoms with Gasteiger partial charge in [0.2, 0.25) is 0 Å². The third-order valence-corrected chi connectivity index (χ3v) is 2.57. The molecule has 0 fully saturated rings. The molecule has 1 aromatic carbocycles. The van der Waals surface area contributed by atoms with Crippen molar-refractivity contribution in [3.63, 3.8) is 0 Å². The SMILES string of the molecule is COc1ccccc1-n1cc[n+](C)c1/C=N/O.[I-]. The second-order valence-electron chi connectivity index (χ2n) is 3.55. The van der Waals surface area contributed by atoms with Gasteiger partial charge in [-0.3, -0.25) is 0 Å². The van der Waals surface area contributed by atoms with Gasteiger partial charge in [0.15, 0.2) is 17.7 Å². The quantitative estimate of drug-likeness (QED) is 0.229. The molecule has 6 heteroatoms. The number of oxime groups is 1. The lowest BCUT2D eigenvalue weighted by molar-refractivity contribution is -0.671. The fraction of sp³-hybridized carbons (Fsp3) is 0.167. The molecule has 1 aromatic heterocycles. The summed E-state index contributed by atoms with van der Waals surface area (Å²) >= 11 is 0. The average Bonchev–Trinajstić information content (AvgIpc) is 2.72. The molecule has 0 saturated heterocycles. The van der Waals surface area contributed by atoms with E-state index in [1.54, 1.807) is 7.11 Å². The topological polar surface area (TPSA) is 50.6 Å². The van der Waals surface area contributed by atoms with Gasteiger partial charge in [-0.15, -0.1) is 0 Å². The van der Waals surface area contributed by atoms with Crippen molar-refractivity contribution < 1.29 is 38.5 Å². The summed E-state index contributed by atoms with van der Waals surface area (Å²) in [4.78, 5) is 0. The summed E-state index contributed by atoms with van der Waals surface area (Å²) < 4.78 is 9.05. The van der Waals surface area contributed by atoms with E-state index in [0.29, 0.717) is 0 Å². The summed E-state index contributed by atoms with van der Waals surface area (Å²) in [6, 6.07) is 7.66. The molecule has 0 unspecified atom stereocenters. The summed E-state index contributed by atoms with van der Waals surface area (Å²) in [5, 5.41) is 11.7. The summed E-state index contributed by atoms with van der Waals surface area (Å²) in [6.45, 7) is 0. The molecule has 0 aliphatic heterocycles. The van der Waals surface area contributed by atoms with E-state index >= 15 is 0 Å². The highest BCUT2D eigenvalue weighted by atomic mass is 127. The second kappa shape index (κ2) is 6.39. The molecule has 0 aliphatic rings. The van der Waals surface area contributed by atoms with Crippen LogP contribution in [0.5, 0.6) is 5.75 Å². The highest BCUT2D eigenvalue weighted by molar-refractivity contribution is 5.74. The largest absolute Gasteiger partial charge is 1.00 e. The van der Waals surface area contributed by atoms with Gasteiger partial charge in [0.05, 0.1) is 14.2 Å². The number of hydrogen-bond donors (Lipinski definition) is 1. The van der Waals surface area contributed by atoms with Crippen LogP contribution in [0.1, 0.15) is 5.82 Å². The molecule has 0 amide bonds. The lowest BCUT2D eigenvalue weighted by Crippen LogP contribution is -3.00. The zero-order valence-electron chi connectivity index (χ0n) is 10.1. The van der Waals surface area contributed by atoms with Crippen molar-refractivity contribution in [2.24, 2.45) is 12.2 Å². The van der Waals surface area contributed by atoms with Gasteiger partial charge in [-0.1, -0.05) is 17.3 Å². The number of rotatable bonds is 3. The third-order valence-electron chi connectivity index (χ3n) is 2.57. The zero-order chi connectivity index (χ0) is 12.3. The van der Waals surface area contributed by atoms with Crippen molar-refractivity contribution in [3.05, 3.63) is 42.5 Å². The van der Waals surface area contributed by atoms with E-state index in [0.717, 1.165) is 17.3 Å². The number of ether oxygens (including phenoxy) is 1. The predicted octanol–water partition coefficient (Wildman–Crippen LogP) is -1.88. The first kappa shape index (κ1) is 14.5. The van der Waals surface area contributed by atoms with Crippen LogP contribution in [0, 0.1) is 0 Å². The monoisotopic (exact) mass is 359 g/mol. The number of aryl methyl sites for hydroxylation is 1. The standard InChI is InChI=1S/C12H13N3O2.HI/c1-14-7-8-15(12(14)9-13-16)10-5-3-4-6-11(10)17-2;/h3-9H,1-2H3;1H. The van der Waals surface area contributed by atoms with Gasteiger partial charge in [-0.2, -0.15) is 4.57 Å². The first-order valence-electron chi connectivity index (χ1n) is 5.15. The smallest absolute Gasteiger partial charge is 0.308 e. The van der Waals surface area contributed by atoms with Crippen molar-refractivity contribution in [3.8, 4) is 11.4 Å². The number of para-hydroxylation sites is 2. The zero-order valence-corrected chi connectivity index (χ0v) is 12.3. The van der Waals surface area contributed by atoms with Crippen molar-refractivity contribution >= 4 is 6.21 Å². The number of benzene rings is 1. The minimum atomic E-state index is 0. The molecule has 1 heterocycles. The Morgan fingerprint density at radius 3 is 2.78 bits per heavy atom. The molecule has 2 rings (SSSR count). The van der Waals surface area contributed by atoms with Crippen molar-refractivity contribution in [2.45, 2.75) is 0 Å². The van der Waals surface area contributed by atoms with Gasteiger partial charge in [-0.05, 0) is 12.1 Å². The molecule has 0 bridgehead atoms. The first-order chi connectivity index (χ1) is 8.27. The normalized spacial score (nSPS) is 10.3. The van der Waals surface area contributed by atoms with E-state index in [2.05, 4.69) is 5.16 Å². The summed E-state index contributed by atoms with van der Waals surface area (Å²) in [5.41, 5.74) is 0.894.